The van der Waals surface area contributed by atoms with Crippen LogP contribution in [0.2, 0.25) is 5.02 Å². The van der Waals surface area contributed by atoms with Crippen molar-refractivity contribution >= 4 is 34.6 Å². The molecule has 2 aromatic heterocycles. The summed E-state index contributed by atoms with van der Waals surface area (Å²) >= 11 is 6.69. The van der Waals surface area contributed by atoms with E-state index in [1.54, 1.807) is 12.0 Å². The summed E-state index contributed by atoms with van der Waals surface area (Å²) in [4.78, 5) is 34.5. The van der Waals surface area contributed by atoms with Crippen LogP contribution in [0, 0.1) is 6.92 Å². The third-order valence-corrected chi connectivity index (χ3v) is 6.64. The maximum atomic E-state index is 13.7. The molecule has 2 amide bonds. The molecule has 0 bridgehead atoms. The van der Waals surface area contributed by atoms with Gasteiger partial charge in [-0.05, 0) is 53.0 Å². The summed E-state index contributed by atoms with van der Waals surface area (Å²) in [6.07, 6.45) is 3.65. The highest BCUT2D eigenvalue weighted by Crippen LogP contribution is 2.34. The molecule has 3 heterocycles. The number of halogens is 1. The lowest BCUT2D eigenvalue weighted by molar-refractivity contribution is -0.150. The Hall–Kier alpha value is -2.36. The van der Waals surface area contributed by atoms with Crippen molar-refractivity contribution < 1.29 is 23.8 Å². The third kappa shape index (κ3) is 6.30. The van der Waals surface area contributed by atoms with E-state index >= 15 is 0 Å². The molecule has 1 aliphatic carbocycles. The highest BCUT2D eigenvalue weighted by molar-refractivity contribution is 6.35. The van der Waals surface area contributed by atoms with Gasteiger partial charge in [-0.25, -0.2) is 9.78 Å². The fraction of sp³-hybridized carbons (Fsp3) is 0.654. The van der Waals surface area contributed by atoms with E-state index in [2.05, 4.69) is 10.8 Å². The number of hydrogen-bond donors (Lipinski definition) is 0. The Balaban J connectivity index is 1.55. The quantitative estimate of drug-likeness (QED) is 0.486. The monoisotopic (exact) mass is 520 g/mol. The normalized spacial score (nSPS) is 18.5. The first-order valence-corrected chi connectivity index (χ1v) is 13.0. The number of rotatable bonds is 8. The number of aromatic nitrogens is 2. The van der Waals surface area contributed by atoms with E-state index in [0.717, 1.165) is 48.1 Å². The molecule has 9 nitrogen and oxygen atoms in total. The van der Waals surface area contributed by atoms with Crippen LogP contribution in [0.25, 0.3) is 11.0 Å². The number of fused-ring (bicyclic) bond motifs is 1. The second-order valence-electron chi connectivity index (χ2n) is 10.6. The lowest BCUT2D eigenvalue weighted by Gasteiger charge is -2.35. The van der Waals surface area contributed by atoms with Gasteiger partial charge in [0.15, 0.2) is 6.10 Å². The highest BCUT2D eigenvalue weighted by Gasteiger charge is 2.40. The predicted octanol–water partition coefficient (Wildman–Crippen LogP) is 4.16. The molecule has 0 radical (unpaired) electrons. The van der Waals surface area contributed by atoms with Crippen molar-refractivity contribution in [3.05, 3.63) is 28.5 Å². The van der Waals surface area contributed by atoms with Crippen molar-refractivity contribution in [2.75, 3.05) is 33.4 Å². The average Bonchev–Trinajstić information content (AvgIpc) is 3.59. The standard InChI is InChI=1S/C26H37ClN4O5/c1-17-13-20(27)22-18(14-29(23(22)28-17)9-6-11-34-5)15-31(19-7-8-19)24(32)21-16-30(10-12-35-21)25(33)36-26(2,3)4/h13-14,19,21H,6-12,15-16H2,1-5H3/t21-/m1/s1. The number of morpholine rings is 1. The van der Waals surface area contributed by atoms with Crippen molar-refractivity contribution in [2.45, 2.75) is 77.8 Å². The first kappa shape index (κ1) is 26.7. The molecular weight excluding hydrogens is 484 g/mol. The van der Waals surface area contributed by atoms with Gasteiger partial charge in [-0.1, -0.05) is 11.6 Å². The summed E-state index contributed by atoms with van der Waals surface area (Å²) in [6, 6.07) is 2.01. The lowest BCUT2D eigenvalue weighted by Crippen LogP contribution is -2.53. The minimum absolute atomic E-state index is 0.109. The number of nitrogens with zero attached hydrogens (tertiary/aromatic N) is 4. The second kappa shape index (κ2) is 10.9. The van der Waals surface area contributed by atoms with Crippen LogP contribution in [0.5, 0.6) is 0 Å². The van der Waals surface area contributed by atoms with E-state index in [9.17, 15) is 9.59 Å². The van der Waals surface area contributed by atoms with Gasteiger partial charge in [0.05, 0.1) is 18.2 Å². The maximum Gasteiger partial charge on any atom is 0.410 e. The van der Waals surface area contributed by atoms with Crippen molar-refractivity contribution in [3.63, 3.8) is 0 Å². The molecule has 1 saturated carbocycles. The SMILES string of the molecule is COCCCn1cc(CN(C(=O)[C@H]2CN(C(=O)OC(C)(C)C)CCO2)C2CC2)c2c(Cl)cc(C)nc21. The molecule has 36 heavy (non-hydrogen) atoms. The summed E-state index contributed by atoms with van der Waals surface area (Å²) in [5.41, 5.74) is 2.02. The zero-order valence-electron chi connectivity index (χ0n) is 21.9. The molecule has 1 aliphatic heterocycles. The van der Waals surface area contributed by atoms with Crippen LogP contribution in [0.15, 0.2) is 12.3 Å². The molecule has 2 aromatic rings. The van der Waals surface area contributed by atoms with Crippen LogP contribution in [0.3, 0.4) is 0 Å². The van der Waals surface area contributed by atoms with Crippen LogP contribution >= 0.6 is 11.6 Å². The number of pyridine rings is 1. The number of ether oxygens (including phenoxy) is 3. The molecule has 0 N–H and O–H groups in total. The van der Waals surface area contributed by atoms with E-state index in [4.69, 9.17) is 30.8 Å². The summed E-state index contributed by atoms with van der Waals surface area (Å²) < 4.78 is 18.7. The average molecular weight is 521 g/mol. The Kier molecular flexibility index (Phi) is 8.12. The van der Waals surface area contributed by atoms with E-state index in [-0.39, 0.29) is 18.5 Å². The summed E-state index contributed by atoms with van der Waals surface area (Å²) in [5.74, 6) is -0.109. The molecule has 0 aromatic carbocycles. The number of amides is 2. The number of aryl methyl sites for hydroxylation is 2. The molecule has 0 spiro atoms. The molecule has 2 aliphatic rings. The van der Waals surface area contributed by atoms with Crippen LogP contribution in [0.1, 0.15) is 51.3 Å². The van der Waals surface area contributed by atoms with Crippen LogP contribution in [-0.4, -0.2) is 82.5 Å². The topological polar surface area (TPSA) is 86.1 Å². The van der Waals surface area contributed by atoms with Crippen molar-refractivity contribution in [1.82, 2.24) is 19.4 Å². The van der Waals surface area contributed by atoms with Crippen molar-refractivity contribution in [1.29, 1.82) is 0 Å². The van der Waals surface area contributed by atoms with Gasteiger partial charge in [0.2, 0.25) is 0 Å². The summed E-state index contributed by atoms with van der Waals surface area (Å²) in [5, 5.41) is 1.50. The van der Waals surface area contributed by atoms with Gasteiger partial charge in [0.1, 0.15) is 11.2 Å². The smallest absolute Gasteiger partial charge is 0.410 e. The maximum absolute atomic E-state index is 13.7. The Morgan fingerprint density at radius 1 is 1.31 bits per heavy atom. The Morgan fingerprint density at radius 3 is 2.72 bits per heavy atom. The van der Waals surface area contributed by atoms with Gasteiger partial charge in [-0.3, -0.25) is 4.79 Å². The minimum Gasteiger partial charge on any atom is -0.444 e. The van der Waals surface area contributed by atoms with E-state index in [0.29, 0.717) is 31.3 Å². The first-order valence-electron chi connectivity index (χ1n) is 12.6. The molecule has 10 heteroatoms. The number of carbonyl (C=O) groups excluding carboxylic acids is 2. The molecule has 0 unspecified atom stereocenters. The van der Waals surface area contributed by atoms with Gasteiger partial charge in [-0.2, -0.15) is 0 Å². The summed E-state index contributed by atoms with van der Waals surface area (Å²) in [6.45, 7) is 10.1. The summed E-state index contributed by atoms with van der Waals surface area (Å²) in [7, 11) is 1.69. The Morgan fingerprint density at radius 2 is 2.06 bits per heavy atom. The van der Waals surface area contributed by atoms with E-state index in [1.807, 2.05) is 38.7 Å². The van der Waals surface area contributed by atoms with Gasteiger partial charge in [0.25, 0.3) is 5.91 Å². The molecule has 198 valence electrons. The molecule has 2 fully saturated rings. The molecular formula is C26H37ClN4O5. The van der Waals surface area contributed by atoms with Crippen LogP contribution in [-0.2, 0) is 32.1 Å². The fourth-order valence-corrected chi connectivity index (χ4v) is 4.90. The van der Waals surface area contributed by atoms with Crippen molar-refractivity contribution in [2.24, 2.45) is 0 Å². The zero-order chi connectivity index (χ0) is 26.0. The predicted molar refractivity (Wildman–Crippen MR) is 137 cm³/mol. The van der Waals surface area contributed by atoms with E-state index in [1.165, 1.54) is 0 Å². The molecule has 1 saturated heterocycles. The van der Waals surface area contributed by atoms with Gasteiger partial charge >= 0.3 is 6.09 Å². The lowest BCUT2D eigenvalue weighted by atomic mass is 10.1. The fourth-order valence-electron chi connectivity index (χ4n) is 4.54. The Bertz CT molecular complexity index is 1110. The second-order valence-corrected chi connectivity index (χ2v) is 11.0. The highest BCUT2D eigenvalue weighted by atomic mass is 35.5. The van der Waals surface area contributed by atoms with Crippen LogP contribution < -0.4 is 0 Å². The zero-order valence-corrected chi connectivity index (χ0v) is 22.6. The first-order chi connectivity index (χ1) is 17.1. The van der Waals surface area contributed by atoms with Crippen molar-refractivity contribution in [3.8, 4) is 0 Å². The third-order valence-electron chi connectivity index (χ3n) is 6.34. The molecule has 1 atom stereocenters. The van der Waals surface area contributed by atoms with Gasteiger partial charge in [-0.15, -0.1) is 0 Å². The van der Waals surface area contributed by atoms with Crippen LogP contribution in [0.4, 0.5) is 4.79 Å². The van der Waals surface area contributed by atoms with Gasteiger partial charge in [0, 0.05) is 62.2 Å². The number of hydrogen-bond acceptors (Lipinski definition) is 6. The van der Waals surface area contributed by atoms with E-state index < -0.39 is 17.8 Å². The number of carbonyl (C=O) groups is 2. The largest absolute Gasteiger partial charge is 0.444 e. The minimum atomic E-state index is -0.724. The number of methoxy groups -OCH3 is 1. The Labute approximate surface area is 217 Å². The molecule has 4 rings (SSSR count). The van der Waals surface area contributed by atoms with Gasteiger partial charge < -0.3 is 28.6 Å².